The van der Waals surface area contributed by atoms with Gasteiger partial charge in [0.15, 0.2) is 0 Å². The van der Waals surface area contributed by atoms with Crippen LogP contribution in [0.1, 0.15) is 12.5 Å². The third kappa shape index (κ3) is 4.08. The molecule has 0 aliphatic carbocycles. The molecular formula is C14H15N3O4S. The van der Waals surface area contributed by atoms with Crippen LogP contribution in [0.4, 0.5) is 10.5 Å². The SMILES string of the molecule is COC(=O)CN1N=C(c2ccc(NC(C)=O)cc2)CSC1=O. The van der Waals surface area contributed by atoms with Crippen LogP contribution in [-0.4, -0.2) is 47.2 Å². The molecule has 0 spiro atoms. The van der Waals surface area contributed by atoms with Crippen LogP contribution in [-0.2, 0) is 14.3 Å². The van der Waals surface area contributed by atoms with E-state index >= 15 is 0 Å². The van der Waals surface area contributed by atoms with Crippen LogP contribution in [0.3, 0.4) is 0 Å². The summed E-state index contributed by atoms with van der Waals surface area (Å²) in [6.45, 7) is 1.22. The first-order valence-corrected chi connectivity index (χ1v) is 7.45. The van der Waals surface area contributed by atoms with Crippen LogP contribution in [0.25, 0.3) is 0 Å². The molecule has 1 aliphatic heterocycles. The first-order valence-electron chi connectivity index (χ1n) is 6.46. The highest BCUT2D eigenvalue weighted by Crippen LogP contribution is 2.20. The zero-order valence-corrected chi connectivity index (χ0v) is 13.0. The number of hydrazone groups is 1. The molecule has 8 heteroatoms. The molecule has 0 fully saturated rings. The quantitative estimate of drug-likeness (QED) is 0.853. The Labute approximate surface area is 131 Å². The number of amides is 2. The maximum atomic E-state index is 11.7. The van der Waals surface area contributed by atoms with E-state index in [0.717, 1.165) is 22.3 Å². The molecule has 0 atom stereocenters. The van der Waals surface area contributed by atoms with Gasteiger partial charge in [-0.15, -0.1) is 0 Å². The Morgan fingerprint density at radius 1 is 1.36 bits per heavy atom. The molecule has 1 aromatic rings. The molecule has 0 aromatic heterocycles. The number of carbonyl (C=O) groups excluding carboxylic acids is 3. The van der Waals surface area contributed by atoms with Gasteiger partial charge in [0.25, 0.3) is 0 Å². The molecule has 1 aromatic carbocycles. The van der Waals surface area contributed by atoms with Crippen molar-refractivity contribution in [3.8, 4) is 0 Å². The number of anilines is 1. The van der Waals surface area contributed by atoms with E-state index in [4.69, 9.17) is 0 Å². The second-order valence-corrected chi connectivity index (χ2v) is 5.42. The van der Waals surface area contributed by atoms with Gasteiger partial charge >= 0.3 is 11.2 Å². The summed E-state index contributed by atoms with van der Waals surface area (Å²) in [6, 6.07) is 7.11. The Balaban J connectivity index is 2.16. The molecule has 0 unspecified atom stereocenters. The minimum Gasteiger partial charge on any atom is -0.468 e. The second-order valence-electron chi connectivity index (χ2n) is 4.49. The van der Waals surface area contributed by atoms with E-state index in [0.29, 0.717) is 17.2 Å². The molecule has 2 rings (SSSR count). The van der Waals surface area contributed by atoms with E-state index < -0.39 is 5.97 Å². The van der Waals surface area contributed by atoms with Crippen molar-refractivity contribution in [1.29, 1.82) is 0 Å². The van der Waals surface area contributed by atoms with Crippen molar-refractivity contribution in [1.82, 2.24) is 5.01 Å². The largest absolute Gasteiger partial charge is 0.468 e. The highest BCUT2D eigenvalue weighted by molar-refractivity contribution is 8.14. The summed E-state index contributed by atoms with van der Waals surface area (Å²) in [6.07, 6.45) is 0. The van der Waals surface area contributed by atoms with Gasteiger partial charge in [0, 0.05) is 18.4 Å². The number of benzene rings is 1. The number of nitrogens with zero attached hydrogens (tertiary/aromatic N) is 2. The van der Waals surface area contributed by atoms with Gasteiger partial charge in [-0.05, 0) is 17.7 Å². The Kier molecular flexibility index (Phi) is 5.16. The van der Waals surface area contributed by atoms with Gasteiger partial charge in [0.1, 0.15) is 6.54 Å². The van der Waals surface area contributed by atoms with Crippen molar-refractivity contribution >= 4 is 40.3 Å². The van der Waals surface area contributed by atoms with Crippen molar-refractivity contribution in [2.45, 2.75) is 6.92 Å². The van der Waals surface area contributed by atoms with Crippen LogP contribution in [0.5, 0.6) is 0 Å². The Bertz CT molecular complexity index is 627. The molecule has 116 valence electrons. The van der Waals surface area contributed by atoms with Crippen molar-refractivity contribution < 1.29 is 19.1 Å². The smallest absolute Gasteiger partial charge is 0.327 e. The summed E-state index contributed by atoms with van der Waals surface area (Å²) in [5, 5.41) is 7.68. The van der Waals surface area contributed by atoms with Crippen molar-refractivity contribution in [3.05, 3.63) is 29.8 Å². The number of carbonyl (C=O) groups is 3. The monoisotopic (exact) mass is 321 g/mol. The first-order chi connectivity index (χ1) is 10.5. The molecule has 0 radical (unpaired) electrons. The van der Waals surface area contributed by atoms with Crippen LogP contribution < -0.4 is 5.32 Å². The predicted octanol–water partition coefficient (Wildman–Crippen LogP) is 1.69. The van der Waals surface area contributed by atoms with Gasteiger partial charge in [0.05, 0.1) is 12.8 Å². The molecule has 0 saturated carbocycles. The average molecular weight is 321 g/mol. The Morgan fingerprint density at radius 2 is 2.05 bits per heavy atom. The third-order valence-electron chi connectivity index (χ3n) is 2.83. The lowest BCUT2D eigenvalue weighted by molar-refractivity contribution is -0.141. The first kappa shape index (κ1) is 16.0. The van der Waals surface area contributed by atoms with Crippen LogP contribution >= 0.6 is 11.8 Å². The summed E-state index contributed by atoms with van der Waals surface area (Å²) < 4.78 is 4.54. The highest BCUT2D eigenvalue weighted by atomic mass is 32.2. The number of thioether (sulfide) groups is 1. The number of methoxy groups -OCH3 is 1. The van der Waals surface area contributed by atoms with Crippen LogP contribution in [0.2, 0.25) is 0 Å². The van der Waals surface area contributed by atoms with E-state index in [1.165, 1.54) is 14.0 Å². The fourth-order valence-electron chi connectivity index (χ4n) is 1.80. The number of ether oxygens (including phenoxy) is 1. The number of rotatable bonds is 4. The minimum absolute atomic E-state index is 0.145. The van der Waals surface area contributed by atoms with E-state index in [2.05, 4.69) is 15.2 Å². The lowest BCUT2D eigenvalue weighted by Crippen LogP contribution is -2.34. The Morgan fingerprint density at radius 3 is 2.64 bits per heavy atom. The van der Waals surface area contributed by atoms with Crippen LogP contribution in [0.15, 0.2) is 29.4 Å². The normalized spacial score (nSPS) is 14.4. The van der Waals surface area contributed by atoms with Gasteiger partial charge < -0.3 is 10.1 Å². The molecule has 1 heterocycles. The minimum atomic E-state index is -0.528. The topological polar surface area (TPSA) is 88.1 Å². The van der Waals surface area contributed by atoms with E-state index in [1.54, 1.807) is 24.3 Å². The molecule has 22 heavy (non-hydrogen) atoms. The predicted molar refractivity (Wildman–Crippen MR) is 83.9 cm³/mol. The van der Waals surface area contributed by atoms with E-state index in [-0.39, 0.29) is 17.7 Å². The summed E-state index contributed by atoms with van der Waals surface area (Å²) in [7, 11) is 1.26. The fraction of sp³-hybridized carbons (Fsp3) is 0.286. The molecule has 7 nitrogen and oxygen atoms in total. The highest BCUT2D eigenvalue weighted by Gasteiger charge is 2.24. The standard InChI is InChI=1S/C14H15N3O4S/c1-9(18)15-11-5-3-10(4-6-11)12-8-22-14(20)17(16-12)7-13(19)21-2/h3-6H,7-8H2,1-2H3,(H,15,18). The summed E-state index contributed by atoms with van der Waals surface area (Å²) in [5.41, 5.74) is 2.19. The maximum absolute atomic E-state index is 11.7. The molecule has 1 aliphatic rings. The summed E-state index contributed by atoms with van der Waals surface area (Å²) >= 11 is 1.08. The molecule has 1 N–H and O–H groups in total. The second kappa shape index (κ2) is 7.08. The lowest BCUT2D eigenvalue weighted by atomic mass is 10.1. The third-order valence-corrected chi connectivity index (χ3v) is 3.71. The van der Waals surface area contributed by atoms with E-state index in [9.17, 15) is 14.4 Å². The summed E-state index contributed by atoms with van der Waals surface area (Å²) in [4.78, 5) is 34.0. The number of hydrogen-bond donors (Lipinski definition) is 1. The zero-order chi connectivity index (χ0) is 16.1. The number of hydrogen-bond acceptors (Lipinski definition) is 6. The number of esters is 1. The zero-order valence-electron chi connectivity index (χ0n) is 12.2. The molecule has 2 amide bonds. The van der Waals surface area contributed by atoms with Gasteiger partial charge in [-0.2, -0.15) is 5.10 Å². The maximum Gasteiger partial charge on any atom is 0.327 e. The van der Waals surface area contributed by atoms with Crippen molar-refractivity contribution in [2.75, 3.05) is 24.7 Å². The Hall–Kier alpha value is -2.35. The summed E-state index contributed by atoms with van der Waals surface area (Å²) in [5.74, 6) is -0.246. The van der Waals surface area contributed by atoms with Crippen molar-refractivity contribution in [2.24, 2.45) is 5.10 Å². The molecule has 0 bridgehead atoms. The number of nitrogens with one attached hydrogen (secondary N) is 1. The van der Waals surface area contributed by atoms with Crippen molar-refractivity contribution in [3.63, 3.8) is 0 Å². The van der Waals surface area contributed by atoms with E-state index in [1.807, 2.05) is 0 Å². The average Bonchev–Trinajstić information content (AvgIpc) is 2.49. The van der Waals surface area contributed by atoms with Gasteiger partial charge in [-0.1, -0.05) is 23.9 Å². The van der Waals surface area contributed by atoms with Gasteiger partial charge in [0.2, 0.25) is 5.91 Å². The van der Waals surface area contributed by atoms with Gasteiger partial charge in [-0.3, -0.25) is 14.4 Å². The lowest BCUT2D eigenvalue weighted by Gasteiger charge is -2.22. The fourth-order valence-corrected chi connectivity index (χ4v) is 2.54. The molecular weight excluding hydrogens is 306 g/mol. The van der Waals surface area contributed by atoms with Gasteiger partial charge in [-0.25, -0.2) is 5.01 Å². The molecule has 0 saturated heterocycles. The van der Waals surface area contributed by atoms with Crippen LogP contribution in [0, 0.1) is 0 Å².